The zero-order valence-corrected chi connectivity index (χ0v) is 15.7. The van der Waals surface area contributed by atoms with Crippen molar-refractivity contribution in [3.8, 4) is 10.8 Å². The number of aryl methyl sites for hydroxylation is 1. The topological polar surface area (TPSA) is 46.3 Å². The lowest BCUT2D eigenvalue weighted by atomic mass is 10.1. The molecular weight excluding hydrogens is 332 g/mol. The van der Waals surface area contributed by atoms with Crippen LogP contribution in [0.5, 0.6) is 0 Å². The van der Waals surface area contributed by atoms with Gasteiger partial charge in [0.2, 0.25) is 11.8 Å². The number of hydrogen-bond acceptors (Lipinski definition) is 4. The van der Waals surface area contributed by atoms with Crippen molar-refractivity contribution in [2.45, 2.75) is 76.8 Å². The third-order valence-corrected chi connectivity index (χ3v) is 6.53. The van der Waals surface area contributed by atoms with Crippen molar-refractivity contribution in [1.29, 1.82) is 0 Å². The van der Waals surface area contributed by atoms with Gasteiger partial charge in [0.25, 0.3) is 0 Å². The Morgan fingerprint density at radius 3 is 2.40 bits per heavy atom. The number of thiophene rings is 1. The molecule has 4 rings (SSSR count). The summed E-state index contributed by atoms with van der Waals surface area (Å²) in [5, 5.41) is 2.02. The fraction of sp³-hybridized carbons (Fsp3) is 0.600. The lowest BCUT2D eigenvalue weighted by Gasteiger charge is -2.34. The lowest BCUT2D eigenvalue weighted by Crippen LogP contribution is -2.46. The Hall–Kier alpha value is -1.62. The molecule has 2 saturated carbocycles. The van der Waals surface area contributed by atoms with Crippen LogP contribution >= 0.6 is 11.3 Å². The van der Waals surface area contributed by atoms with E-state index in [4.69, 9.17) is 4.42 Å². The molecule has 0 atom stereocenters. The van der Waals surface area contributed by atoms with Gasteiger partial charge in [0.1, 0.15) is 5.76 Å². The van der Waals surface area contributed by atoms with Crippen molar-refractivity contribution in [3.63, 3.8) is 0 Å². The molecule has 2 aromatic rings. The van der Waals surface area contributed by atoms with E-state index in [2.05, 4.69) is 9.88 Å². The van der Waals surface area contributed by atoms with Crippen LogP contribution in [0, 0.1) is 6.92 Å². The molecule has 0 saturated heterocycles. The van der Waals surface area contributed by atoms with Crippen LogP contribution in [-0.2, 0) is 11.2 Å². The molecule has 2 aliphatic rings. The van der Waals surface area contributed by atoms with E-state index in [0.717, 1.165) is 16.3 Å². The van der Waals surface area contributed by atoms with Gasteiger partial charge in [-0.25, -0.2) is 4.98 Å². The van der Waals surface area contributed by atoms with E-state index in [1.54, 1.807) is 11.3 Å². The third-order valence-electron chi connectivity index (χ3n) is 5.67. The van der Waals surface area contributed by atoms with E-state index < -0.39 is 0 Å². The minimum Gasteiger partial charge on any atom is -0.440 e. The SMILES string of the molecule is Cc1oc(-c2cccs2)nc1CC(=O)N(C1CCCC1)C1CCCC1. The summed E-state index contributed by atoms with van der Waals surface area (Å²) in [6, 6.07) is 4.89. The van der Waals surface area contributed by atoms with E-state index in [1.807, 2.05) is 24.4 Å². The Bertz CT molecular complexity index is 694. The molecule has 2 aliphatic carbocycles. The van der Waals surface area contributed by atoms with Crippen molar-refractivity contribution in [2.24, 2.45) is 0 Å². The Balaban J connectivity index is 1.52. The molecule has 2 heterocycles. The first-order valence-electron chi connectivity index (χ1n) is 9.53. The van der Waals surface area contributed by atoms with E-state index in [1.165, 1.54) is 51.4 Å². The third kappa shape index (κ3) is 3.52. The largest absolute Gasteiger partial charge is 0.440 e. The molecule has 0 aromatic carbocycles. The maximum absolute atomic E-state index is 13.2. The fourth-order valence-electron chi connectivity index (χ4n) is 4.40. The molecule has 0 spiro atoms. The summed E-state index contributed by atoms with van der Waals surface area (Å²) < 4.78 is 5.82. The van der Waals surface area contributed by atoms with E-state index in [0.29, 0.717) is 24.4 Å². The second kappa shape index (κ2) is 7.32. The minimum absolute atomic E-state index is 0.243. The first kappa shape index (κ1) is 16.8. The standard InChI is InChI=1S/C20H26N2O2S/c1-14-17(21-20(24-14)18-11-6-12-25-18)13-19(23)22(15-7-2-3-8-15)16-9-4-5-10-16/h6,11-12,15-16H,2-5,7-10,13H2,1H3. The predicted octanol–water partition coefficient (Wildman–Crippen LogP) is 4.97. The quantitative estimate of drug-likeness (QED) is 0.758. The van der Waals surface area contributed by atoms with Gasteiger partial charge in [0.15, 0.2) is 0 Å². The smallest absolute Gasteiger partial charge is 0.236 e. The average molecular weight is 359 g/mol. The van der Waals surface area contributed by atoms with Gasteiger partial charge in [0, 0.05) is 12.1 Å². The van der Waals surface area contributed by atoms with Gasteiger partial charge < -0.3 is 9.32 Å². The summed E-state index contributed by atoms with van der Waals surface area (Å²) in [5.74, 6) is 1.66. The molecular formula is C20H26N2O2S. The summed E-state index contributed by atoms with van der Waals surface area (Å²) in [4.78, 5) is 21.1. The molecule has 0 unspecified atom stereocenters. The summed E-state index contributed by atoms with van der Waals surface area (Å²) >= 11 is 1.61. The van der Waals surface area contributed by atoms with Crippen molar-refractivity contribution in [2.75, 3.05) is 0 Å². The second-order valence-electron chi connectivity index (χ2n) is 7.35. The maximum atomic E-state index is 13.2. The van der Waals surface area contributed by atoms with Gasteiger partial charge in [-0.2, -0.15) is 0 Å². The highest BCUT2D eigenvalue weighted by Crippen LogP contribution is 2.33. The second-order valence-corrected chi connectivity index (χ2v) is 8.30. The molecule has 2 fully saturated rings. The van der Waals surface area contributed by atoms with Crippen LogP contribution in [0.3, 0.4) is 0 Å². The van der Waals surface area contributed by atoms with Crippen molar-refractivity contribution in [3.05, 3.63) is 29.0 Å². The fourth-order valence-corrected chi connectivity index (χ4v) is 5.05. The summed E-state index contributed by atoms with van der Waals surface area (Å²) in [6.07, 6.45) is 10.1. The summed E-state index contributed by atoms with van der Waals surface area (Å²) in [5.41, 5.74) is 0.800. The summed E-state index contributed by atoms with van der Waals surface area (Å²) in [7, 11) is 0. The van der Waals surface area contributed by atoms with Crippen molar-refractivity contribution < 1.29 is 9.21 Å². The molecule has 0 N–H and O–H groups in total. The van der Waals surface area contributed by atoms with Gasteiger partial charge in [-0.05, 0) is 44.1 Å². The molecule has 134 valence electrons. The number of oxazole rings is 1. The average Bonchev–Trinajstić information content (AvgIpc) is 3.37. The molecule has 5 heteroatoms. The molecule has 2 aromatic heterocycles. The van der Waals surface area contributed by atoms with Crippen LogP contribution in [0.4, 0.5) is 0 Å². The normalized spacial score (nSPS) is 18.9. The van der Waals surface area contributed by atoms with Gasteiger partial charge >= 0.3 is 0 Å². The van der Waals surface area contributed by atoms with Crippen LogP contribution in [0.25, 0.3) is 10.8 Å². The molecule has 1 amide bonds. The van der Waals surface area contributed by atoms with Gasteiger partial charge in [-0.15, -0.1) is 11.3 Å². The first-order chi connectivity index (χ1) is 12.2. The number of carbonyl (C=O) groups is 1. The predicted molar refractivity (Wildman–Crippen MR) is 99.6 cm³/mol. The highest BCUT2D eigenvalue weighted by Gasteiger charge is 2.34. The van der Waals surface area contributed by atoms with Crippen LogP contribution in [0.2, 0.25) is 0 Å². The van der Waals surface area contributed by atoms with Crippen LogP contribution in [0.15, 0.2) is 21.9 Å². The highest BCUT2D eigenvalue weighted by molar-refractivity contribution is 7.13. The van der Waals surface area contributed by atoms with E-state index in [-0.39, 0.29) is 5.91 Å². The van der Waals surface area contributed by atoms with E-state index >= 15 is 0 Å². The van der Waals surface area contributed by atoms with Crippen LogP contribution in [0.1, 0.15) is 62.8 Å². The lowest BCUT2D eigenvalue weighted by molar-refractivity contribution is -0.135. The zero-order chi connectivity index (χ0) is 17.2. The van der Waals surface area contributed by atoms with Gasteiger partial charge in [-0.1, -0.05) is 31.7 Å². The Kier molecular flexibility index (Phi) is 4.93. The zero-order valence-electron chi connectivity index (χ0n) is 14.9. The Morgan fingerprint density at radius 2 is 1.84 bits per heavy atom. The van der Waals surface area contributed by atoms with Gasteiger partial charge in [0.05, 0.1) is 17.0 Å². The van der Waals surface area contributed by atoms with Crippen LogP contribution < -0.4 is 0 Å². The first-order valence-corrected chi connectivity index (χ1v) is 10.4. The molecule has 25 heavy (non-hydrogen) atoms. The number of hydrogen-bond donors (Lipinski definition) is 0. The van der Waals surface area contributed by atoms with Crippen LogP contribution in [-0.4, -0.2) is 27.9 Å². The number of nitrogens with zero attached hydrogens (tertiary/aromatic N) is 2. The number of amides is 1. The molecule has 4 nitrogen and oxygen atoms in total. The Labute approximate surface area is 153 Å². The van der Waals surface area contributed by atoms with Gasteiger partial charge in [-0.3, -0.25) is 4.79 Å². The molecule has 0 aliphatic heterocycles. The van der Waals surface area contributed by atoms with Crippen molar-refractivity contribution in [1.82, 2.24) is 9.88 Å². The highest BCUT2D eigenvalue weighted by atomic mass is 32.1. The van der Waals surface area contributed by atoms with Crippen molar-refractivity contribution >= 4 is 17.2 Å². The molecule has 0 radical (unpaired) electrons. The van der Waals surface area contributed by atoms with E-state index in [9.17, 15) is 4.79 Å². The summed E-state index contributed by atoms with van der Waals surface area (Å²) in [6.45, 7) is 1.92. The number of aromatic nitrogens is 1. The maximum Gasteiger partial charge on any atom is 0.236 e. The monoisotopic (exact) mass is 358 g/mol. The molecule has 0 bridgehead atoms. The number of carbonyl (C=O) groups excluding carboxylic acids is 1. The number of rotatable bonds is 5. The minimum atomic E-state index is 0.243. The Morgan fingerprint density at radius 1 is 1.20 bits per heavy atom.